The van der Waals surface area contributed by atoms with Gasteiger partial charge in [0.05, 0.1) is 6.33 Å². The molecule has 2 amide bonds. The zero-order valence-corrected chi connectivity index (χ0v) is 27.5. The Morgan fingerprint density at radius 2 is 1.98 bits per heavy atom. The van der Waals surface area contributed by atoms with Gasteiger partial charge in [0.2, 0.25) is 12.7 Å². The number of nitrogen functional groups attached to an aromatic ring is 1. The maximum atomic E-state index is 13.5. The lowest BCUT2D eigenvalue weighted by molar-refractivity contribution is -0.136. The minimum absolute atomic E-state index is 0.0759. The first-order valence-electron chi connectivity index (χ1n) is 14.4. The monoisotopic (exact) mass is 675 g/mol. The summed E-state index contributed by atoms with van der Waals surface area (Å²) in [4.78, 5) is 42.5. The molecule has 0 radical (unpaired) electrons. The number of likely N-dealkylation sites (tertiary alicyclic amines) is 1. The van der Waals surface area contributed by atoms with Crippen LogP contribution < -0.4 is 20.5 Å². The molecule has 3 N–H and O–H groups in total. The quantitative estimate of drug-likeness (QED) is 0.327. The van der Waals surface area contributed by atoms with Gasteiger partial charge in [-0.3, -0.25) is 4.79 Å². The number of halogens is 1. The van der Waals surface area contributed by atoms with Crippen LogP contribution in [0, 0.1) is 11.8 Å². The summed E-state index contributed by atoms with van der Waals surface area (Å²) >= 11 is 5.00. The number of anilines is 1. The summed E-state index contributed by atoms with van der Waals surface area (Å²) in [6, 6.07) is 3.12. The minimum Gasteiger partial charge on any atom is -0.454 e. The average molecular weight is 677 g/mol. The molecular weight excluding hydrogens is 638 g/mol. The third-order valence-electron chi connectivity index (χ3n) is 7.31. The summed E-state index contributed by atoms with van der Waals surface area (Å²) in [5.74, 6) is 2.49. The fraction of sp³-hybridized carbons (Fsp3) is 0.552. The van der Waals surface area contributed by atoms with Crippen LogP contribution in [0.3, 0.4) is 0 Å². The molecule has 1 unspecified atom stereocenters. The van der Waals surface area contributed by atoms with Gasteiger partial charge in [0.15, 0.2) is 34.0 Å². The second kappa shape index (κ2) is 12.8. The van der Waals surface area contributed by atoms with Crippen LogP contribution in [0.25, 0.3) is 11.5 Å². The molecule has 1 aromatic carbocycles. The fourth-order valence-corrected chi connectivity index (χ4v) is 6.54. The molecule has 0 spiro atoms. The number of hydrogen-bond donors (Lipinski definition) is 2. The van der Waals surface area contributed by atoms with Crippen LogP contribution in [-0.2, 0) is 16.1 Å². The second-order valence-corrected chi connectivity index (χ2v) is 14.1. The number of aryl methyl sites for hydroxylation is 1. The zero-order chi connectivity index (χ0) is 30.9. The molecule has 4 heterocycles. The van der Waals surface area contributed by atoms with Crippen molar-refractivity contribution in [1.82, 2.24) is 29.7 Å². The maximum Gasteiger partial charge on any atom is 0.408 e. The highest BCUT2D eigenvalue weighted by molar-refractivity contribution is 9.10. The van der Waals surface area contributed by atoms with Gasteiger partial charge in [0.1, 0.15) is 11.6 Å². The van der Waals surface area contributed by atoms with Crippen molar-refractivity contribution in [3.05, 3.63) is 22.9 Å². The highest BCUT2D eigenvalue weighted by Crippen LogP contribution is 2.43. The number of nitrogens with two attached hydrogens (primary N) is 1. The smallest absolute Gasteiger partial charge is 0.408 e. The number of alkyl carbamates (subject to hydrolysis) is 1. The molecule has 4 aliphatic heterocycles. The molecule has 4 aliphatic rings. The number of nitrogens with zero attached hydrogens (tertiary/aromatic N) is 5. The molecule has 1 saturated heterocycles. The molecule has 0 aromatic heterocycles. The first kappa shape index (κ1) is 31.2. The van der Waals surface area contributed by atoms with Gasteiger partial charge in [0, 0.05) is 29.0 Å². The molecule has 232 valence electrons. The Labute approximate surface area is 263 Å². The molecule has 0 saturated carbocycles. The molecule has 43 heavy (non-hydrogen) atoms. The molecular formula is C29H38BrN7O5S. The number of aromatic nitrogens is 4. The van der Waals surface area contributed by atoms with Crippen LogP contribution >= 0.6 is 27.7 Å². The molecule has 0 aliphatic carbocycles. The molecule has 1 fully saturated rings. The van der Waals surface area contributed by atoms with E-state index in [1.165, 1.54) is 11.8 Å². The van der Waals surface area contributed by atoms with Crippen LogP contribution in [0.5, 0.6) is 11.5 Å². The highest BCUT2D eigenvalue weighted by Gasteiger charge is 2.33. The van der Waals surface area contributed by atoms with Gasteiger partial charge in [0.25, 0.3) is 0 Å². The summed E-state index contributed by atoms with van der Waals surface area (Å²) in [5.41, 5.74) is 6.09. The number of fused-ring (bicyclic) bond motifs is 2. The summed E-state index contributed by atoms with van der Waals surface area (Å²) in [5, 5.41) is 3.34. The number of imidazole rings is 1. The SMILES string of the molecule is CC(C)[C@H](NC(=O)OC(C)(C)C)C(=O)N1CCCC(CCn2cnc(N)c3nc(Sc4cc5c(cc4Br)OCO5)nc2-3)C1. The third kappa shape index (κ3) is 7.46. The summed E-state index contributed by atoms with van der Waals surface area (Å²) < 4.78 is 19.2. The second-order valence-electron chi connectivity index (χ2n) is 12.2. The van der Waals surface area contributed by atoms with Gasteiger partial charge in [-0.1, -0.05) is 13.8 Å². The van der Waals surface area contributed by atoms with Crippen molar-refractivity contribution in [1.29, 1.82) is 0 Å². The van der Waals surface area contributed by atoms with Gasteiger partial charge in [-0.25, -0.2) is 19.7 Å². The third-order valence-corrected chi connectivity index (χ3v) is 9.16. The summed E-state index contributed by atoms with van der Waals surface area (Å²) in [7, 11) is 0. The Hall–Kier alpha value is -3.26. The Kier molecular flexibility index (Phi) is 9.26. The lowest BCUT2D eigenvalue weighted by atomic mass is 9.93. The van der Waals surface area contributed by atoms with Crippen LogP contribution in [0.15, 0.2) is 33.0 Å². The topological polar surface area (TPSA) is 147 Å². The standard InChI is InChI=1S/C29H38BrN7O5S/c1-16(2)22(34-28(39)42-29(3,4)5)26(38)36-9-6-7-17(13-36)8-10-37-14-32-24(31)23-25(37)35-27(33-23)43-21-12-20-19(11-18(21)30)40-15-41-20/h11-12,14,16-17,22H,6-10,13,15,31H2,1-5H3,(H,34,39)/t17?,22-/m0/s1. The highest BCUT2D eigenvalue weighted by atomic mass is 79.9. The number of amides is 2. The van der Waals surface area contributed by atoms with Gasteiger partial charge in [-0.05, 0) is 91.7 Å². The Bertz CT molecular complexity index is 1460. The Morgan fingerprint density at radius 1 is 1.23 bits per heavy atom. The molecule has 1 aromatic rings. The van der Waals surface area contributed by atoms with Crippen molar-refractivity contribution < 1.29 is 23.8 Å². The van der Waals surface area contributed by atoms with Gasteiger partial charge < -0.3 is 34.7 Å². The minimum atomic E-state index is -0.649. The van der Waals surface area contributed by atoms with Crippen molar-refractivity contribution in [2.45, 2.75) is 82.1 Å². The first-order chi connectivity index (χ1) is 20.4. The lowest BCUT2D eigenvalue weighted by Gasteiger charge is -2.36. The number of hydrogen-bond acceptors (Lipinski definition) is 10. The average Bonchev–Trinajstić information content (AvgIpc) is 3.57. The van der Waals surface area contributed by atoms with Crippen molar-refractivity contribution in [2.75, 3.05) is 25.6 Å². The van der Waals surface area contributed by atoms with Crippen LogP contribution in [0.2, 0.25) is 0 Å². The summed E-state index contributed by atoms with van der Waals surface area (Å²) in [6.45, 7) is 11.4. The van der Waals surface area contributed by atoms with Gasteiger partial charge in [-0.15, -0.1) is 0 Å². The number of ether oxygens (including phenoxy) is 3. The number of carbonyl (C=O) groups is 2. The van der Waals surface area contributed by atoms with E-state index in [-0.39, 0.29) is 24.5 Å². The number of benzene rings is 1. The van der Waals surface area contributed by atoms with E-state index in [1.54, 1.807) is 27.1 Å². The Balaban J connectivity index is 1.24. The van der Waals surface area contributed by atoms with Crippen LogP contribution in [0.4, 0.5) is 10.6 Å². The summed E-state index contributed by atoms with van der Waals surface area (Å²) in [6.07, 6.45) is 3.85. The molecule has 14 heteroatoms. The van der Waals surface area contributed by atoms with Crippen LogP contribution in [-0.4, -0.2) is 67.9 Å². The molecule has 0 bridgehead atoms. The van der Waals surface area contributed by atoms with Gasteiger partial charge in [-0.2, -0.15) is 0 Å². The van der Waals surface area contributed by atoms with E-state index >= 15 is 0 Å². The molecule has 2 atom stereocenters. The number of piperidine rings is 1. The Morgan fingerprint density at radius 3 is 2.70 bits per heavy atom. The fourth-order valence-electron chi connectivity index (χ4n) is 5.19. The zero-order valence-electron chi connectivity index (χ0n) is 25.1. The van der Waals surface area contributed by atoms with Crippen LogP contribution in [0.1, 0.15) is 53.9 Å². The molecule has 5 rings (SSSR count). The van der Waals surface area contributed by atoms with Crippen molar-refractivity contribution >= 4 is 45.5 Å². The van der Waals surface area contributed by atoms with E-state index in [2.05, 4.69) is 31.2 Å². The van der Waals surface area contributed by atoms with Crippen molar-refractivity contribution in [3.63, 3.8) is 0 Å². The maximum absolute atomic E-state index is 13.5. The van der Waals surface area contributed by atoms with Gasteiger partial charge >= 0.3 is 6.09 Å². The molecule has 12 nitrogen and oxygen atoms in total. The lowest BCUT2D eigenvalue weighted by Crippen LogP contribution is -2.54. The van der Waals surface area contributed by atoms with E-state index < -0.39 is 17.7 Å². The largest absolute Gasteiger partial charge is 0.454 e. The number of nitrogens with one attached hydrogen (secondary N) is 1. The van der Waals surface area contributed by atoms with E-state index in [1.807, 2.05) is 35.4 Å². The van der Waals surface area contributed by atoms with Crippen molar-refractivity contribution in [2.24, 2.45) is 11.8 Å². The van der Waals surface area contributed by atoms with E-state index in [0.717, 1.165) is 28.6 Å². The first-order valence-corrected chi connectivity index (χ1v) is 16.0. The van der Waals surface area contributed by atoms with E-state index in [0.29, 0.717) is 53.6 Å². The predicted octanol–water partition coefficient (Wildman–Crippen LogP) is 5.18. The van der Waals surface area contributed by atoms with E-state index in [9.17, 15) is 9.59 Å². The number of carbonyl (C=O) groups excluding carboxylic acids is 2. The predicted molar refractivity (Wildman–Crippen MR) is 165 cm³/mol. The van der Waals surface area contributed by atoms with E-state index in [4.69, 9.17) is 24.9 Å². The number of rotatable bonds is 8. The normalized spacial score (nSPS) is 17.4. The van der Waals surface area contributed by atoms with Crippen molar-refractivity contribution in [3.8, 4) is 23.0 Å².